The van der Waals surface area contributed by atoms with Gasteiger partial charge in [0.25, 0.3) is 0 Å². The van der Waals surface area contributed by atoms with Gasteiger partial charge in [0.05, 0.1) is 5.57 Å². The highest BCUT2D eigenvalue weighted by Gasteiger charge is 2.39. The van der Waals surface area contributed by atoms with Crippen LogP contribution in [-0.4, -0.2) is 42.4 Å². The first-order chi connectivity index (χ1) is 7.92. The van der Waals surface area contributed by atoms with Crippen molar-refractivity contribution >= 4 is 11.6 Å². The van der Waals surface area contributed by atoms with Gasteiger partial charge in [-0.2, -0.15) is 13.2 Å². The number of rotatable bonds is 1. The lowest BCUT2D eigenvalue weighted by Crippen LogP contribution is -2.58. The summed E-state index contributed by atoms with van der Waals surface area (Å²) >= 11 is 6.26. The number of alkyl halides is 4. The Morgan fingerprint density at radius 2 is 1.94 bits per heavy atom. The number of piperazine rings is 1. The van der Waals surface area contributed by atoms with Gasteiger partial charge in [0.1, 0.15) is 0 Å². The van der Waals surface area contributed by atoms with Crippen molar-refractivity contribution in [2.24, 2.45) is 0 Å². The van der Waals surface area contributed by atoms with Crippen molar-refractivity contribution in [2.75, 3.05) is 26.2 Å². The largest absolute Gasteiger partial charge is 0.417 e. The van der Waals surface area contributed by atoms with Crippen LogP contribution in [0.4, 0.5) is 13.2 Å². The van der Waals surface area contributed by atoms with E-state index in [2.05, 4.69) is 10.6 Å². The SMILES string of the molecule is FC(F)(F)C1=CNC(Cl)(N2CCNCC2)C=C1. The molecule has 1 fully saturated rings. The summed E-state index contributed by atoms with van der Waals surface area (Å²) in [4.78, 5) is 1.89. The Morgan fingerprint density at radius 3 is 2.41 bits per heavy atom. The van der Waals surface area contributed by atoms with Crippen molar-refractivity contribution < 1.29 is 13.2 Å². The van der Waals surface area contributed by atoms with Crippen molar-refractivity contribution in [3.8, 4) is 0 Å². The first-order valence-electron chi connectivity index (χ1n) is 5.31. The molecular formula is C10H13ClF3N3. The normalized spacial score (nSPS) is 30.9. The van der Waals surface area contributed by atoms with E-state index in [0.717, 1.165) is 25.4 Å². The molecule has 0 saturated carbocycles. The van der Waals surface area contributed by atoms with Gasteiger partial charge in [-0.1, -0.05) is 11.6 Å². The maximum Gasteiger partial charge on any atom is 0.417 e. The molecule has 7 heteroatoms. The Labute approximate surface area is 102 Å². The molecule has 1 atom stereocenters. The topological polar surface area (TPSA) is 27.3 Å². The van der Waals surface area contributed by atoms with E-state index in [4.69, 9.17) is 11.6 Å². The summed E-state index contributed by atoms with van der Waals surface area (Å²) in [7, 11) is 0. The zero-order chi connectivity index (χ0) is 12.5. The van der Waals surface area contributed by atoms with E-state index in [0.29, 0.717) is 13.1 Å². The van der Waals surface area contributed by atoms with E-state index in [1.807, 2.05) is 4.90 Å². The van der Waals surface area contributed by atoms with Crippen LogP contribution in [-0.2, 0) is 0 Å². The monoisotopic (exact) mass is 267 g/mol. The van der Waals surface area contributed by atoms with Crippen molar-refractivity contribution in [3.05, 3.63) is 23.9 Å². The van der Waals surface area contributed by atoms with Crippen molar-refractivity contribution in [2.45, 2.75) is 11.3 Å². The summed E-state index contributed by atoms with van der Waals surface area (Å²) in [6.07, 6.45) is -1.05. The average molecular weight is 268 g/mol. The van der Waals surface area contributed by atoms with Crippen LogP contribution in [0.15, 0.2) is 23.9 Å². The highest BCUT2D eigenvalue weighted by Crippen LogP contribution is 2.31. The molecule has 1 unspecified atom stereocenters. The van der Waals surface area contributed by atoms with Crippen LogP contribution in [0, 0.1) is 0 Å². The van der Waals surface area contributed by atoms with Crippen LogP contribution in [0.2, 0.25) is 0 Å². The molecule has 0 aromatic heterocycles. The van der Waals surface area contributed by atoms with E-state index < -0.39 is 16.9 Å². The van der Waals surface area contributed by atoms with Gasteiger partial charge < -0.3 is 10.6 Å². The van der Waals surface area contributed by atoms with Crippen LogP contribution in [0.25, 0.3) is 0 Å². The molecule has 0 aliphatic carbocycles. The molecule has 96 valence electrons. The van der Waals surface area contributed by atoms with Crippen molar-refractivity contribution in [1.29, 1.82) is 0 Å². The van der Waals surface area contributed by atoms with Gasteiger partial charge in [-0.3, -0.25) is 4.90 Å². The molecule has 2 rings (SSSR count). The van der Waals surface area contributed by atoms with Crippen LogP contribution in [0.3, 0.4) is 0 Å². The highest BCUT2D eigenvalue weighted by atomic mass is 35.5. The Kier molecular flexibility index (Phi) is 3.38. The van der Waals surface area contributed by atoms with Crippen LogP contribution in [0.5, 0.6) is 0 Å². The first-order valence-corrected chi connectivity index (χ1v) is 5.69. The smallest absolute Gasteiger partial charge is 0.357 e. The summed E-state index contributed by atoms with van der Waals surface area (Å²) in [6.45, 7) is 2.94. The maximum absolute atomic E-state index is 12.4. The number of halogens is 4. The fourth-order valence-corrected chi connectivity index (χ4v) is 2.13. The molecule has 2 aliphatic rings. The molecule has 3 nitrogen and oxygen atoms in total. The van der Waals surface area contributed by atoms with Gasteiger partial charge in [0.15, 0.2) is 5.12 Å². The first kappa shape index (κ1) is 12.7. The van der Waals surface area contributed by atoms with E-state index in [9.17, 15) is 13.2 Å². The third kappa shape index (κ3) is 2.75. The molecule has 2 aliphatic heterocycles. The molecule has 0 radical (unpaired) electrons. The van der Waals surface area contributed by atoms with E-state index >= 15 is 0 Å². The molecule has 2 N–H and O–H groups in total. The number of hydrogen-bond acceptors (Lipinski definition) is 3. The molecule has 1 saturated heterocycles. The number of dihydropyridines is 1. The zero-order valence-electron chi connectivity index (χ0n) is 9.02. The molecular weight excluding hydrogens is 255 g/mol. The number of hydrogen-bond donors (Lipinski definition) is 2. The van der Waals surface area contributed by atoms with Crippen LogP contribution >= 0.6 is 11.6 Å². The predicted molar refractivity (Wildman–Crippen MR) is 59.4 cm³/mol. The quantitative estimate of drug-likeness (QED) is 0.555. The summed E-state index contributed by atoms with van der Waals surface area (Å²) in [5, 5.41) is 4.73. The molecule has 0 aromatic carbocycles. The Hall–Kier alpha value is -0.720. The standard InChI is InChI=1S/C10H13ClF3N3/c11-9(17-5-3-15-4-6-17)2-1-8(7-16-9)10(12,13)14/h1-2,7,15-16H,3-6H2. The van der Waals surface area contributed by atoms with Gasteiger partial charge in [0.2, 0.25) is 0 Å². The summed E-state index contributed by atoms with van der Waals surface area (Å²) in [5.74, 6) is 0. The predicted octanol–water partition coefficient (Wildman–Crippen LogP) is 1.39. The third-order valence-electron chi connectivity index (χ3n) is 2.82. The minimum atomic E-state index is -4.34. The summed E-state index contributed by atoms with van der Waals surface area (Å²) in [6, 6.07) is 0. The number of nitrogens with one attached hydrogen (secondary N) is 2. The molecule has 0 aromatic rings. The van der Waals surface area contributed by atoms with E-state index in [-0.39, 0.29) is 0 Å². The maximum atomic E-state index is 12.4. The van der Waals surface area contributed by atoms with Gasteiger partial charge in [-0.05, 0) is 12.2 Å². The minimum Gasteiger partial charge on any atom is -0.357 e. The second-order valence-electron chi connectivity index (χ2n) is 3.99. The van der Waals surface area contributed by atoms with E-state index in [1.165, 1.54) is 6.08 Å². The average Bonchev–Trinajstić information content (AvgIpc) is 2.29. The molecule has 0 spiro atoms. The fraction of sp³-hybridized carbons (Fsp3) is 0.600. The zero-order valence-corrected chi connectivity index (χ0v) is 9.78. The van der Waals surface area contributed by atoms with Crippen LogP contribution in [0.1, 0.15) is 0 Å². The highest BCUT2D eigenvalue weighted by molar-refractivity contribution is 6.24. The Balaban J connectivity index is 2.07. The lowest BCUT2D eigenvalue weighted by Gasteiger charge is -2.41. The summed E-state index contributed by atoms with van der Waals surface area (Å²) in [5.41, 5.74) is -0.719. The molecule has 17 heavy (non-hydrogen) atoms. The Morgan fingerprint density at radius 1 is 1.29 bits per heavy atom. The van der Waals surface area contributed by atoms with Gasteiger partial charge in [-0.25, -0.2) is 0 Å². The van der Waals surface area contributed by atoms with Crippen molar-refractivity contribution in [3.63, 3.8) is 0 Å². The Bertz CT molecular complexity index is 347. The molecule has 0 amide bonds. The molecule has 0 bridgehead atoms. The third-order valence-corrected chi connectivity index (χ3v) is 3.29. The van der Waals surface area contributed by atoms with Crippen molar-refractivity contribution in [1.82, 2.24) is 15.5 Å². The lowest BCUT2D eigenvalue weighted by molar-refractivity contribution is -0.0891. The fourth-order valence-electron chi connectivity index (χ4n) is 1.84. The number of allylic oxidation sites excluding steroid dienone is 2. The second kappa shape index (κ2) is 4.51. The van der Waals surface area contributed by atoms with Crippen LogP contribution < -0.4 is 10.6 Å². The summed E-state index contributed by atoms with van der Waals surface area (Å²) < 4.78 is 37.2. The van der Waals surface area contributed by atoms with Gasteiger partial charge in [-0.15, -0.1) is 0 Å². The lowest BCUT2D eigenvalue weighted by atomic mass is 10.1. The minimum absolute atomic E-state index is 0.691. The van der Waals surface area contributed by atoms with E-state index in [1.54, 1.807) is 0 Å². The van der Waals surface area contributed by atoms with Gasteiger partial charge >= 0.3 is 6.18 Å². The number of nitrogens with zero attached hydrogens (tertiary/aromatic N) is 1. The molecule has 2 heterocycles. The van der Waals surface area contributed by atoms with Gasteiger partial charge in [0, 0.05) is 32.4 Å². The second-order valence-corrected chi connectivity index (χ2v) is 4.56.